The number of ether oxygens (including phenoxy) is 1. The summed E-state index contributed by atoms with van der Waals surface area (Å²) < 4.78 is 5.48. The van der Waals surface area contributed by atoms with Crippen molar-refractivity contribution >= 4 is 35.1 Å². The maximum atomic E-state index is 12.6. The van der Waals surface area contributed by atoms with Crippen LogP contribution in [0.15, 0.2) is 40.8 Å². The molecule has 0 bridgehead atoms. The predicted octanol–water partition coefficient (Wildman–Crippen LogP) is 3.44. The smallest absolute Gasteiger partial charge is 0.262 e. The number of nitrogens with one attached hydrogen (secondary N) is 2. The minimum absolute atomic E-state index is 0.0784. The van der Waals surface area contributed by atoms with E-state index >= 15 is 0 Å². The first-order chi connectivity index (χ1) is 14.9. The van der Waals surface area contributed by atoms with Crippen LogP contribution < -0.4 is 20.4 Å². The monoisotopic (exact) mass is 444 g/mol. The number of hydrogen-bond donors (Lipinski definition) is 2. The van der Waals surface area contributed by atoms with Gasteiger partial charge in [0.2, 0.25) is 5.91 Å². The van der Waals surface area contributed by atoms with Crippen LogP contribution in [-0.2, 0) is 16.0 Å². The summed E-state index contributed by atoms with van der Waals surface area (Å²) in [6.07, 6.45) is 1.81. The summed E-state index contributed by atoms with van der Waals surface area (Å²) in [6, 6.07) is 9.00. The maximum absolute atomic E-state index is 12.6. The zero-order valence-corrected chi connectivity index (χ0v) is 19.7. The first-order valence-corrected chi connectivity index (χ1v) is 11.3. The molecule has 0 radical (unpaired) electrons. The number of hydrazone groups is 1. The molecule has 7 nitrogen and oxygen atoms in total. The number of nitrogens with zero attached hydrogens (tertiary/aromatic N) is 2. The van der Waals surface area contributed by atoms with E-state index in [1.165, 1.54) is 11.3 Å². The molecule has 2 rings (SSSR count). The second kappa shape index (κ2) is 12.1. The van der Waals surface area contributed by atoms with Gasteiger partial charge >= 0.3 is 0 Å². The van der Waals surface area contributed by atoms with Crippen LogP contribution in [0.1, 0.15) is 38.1 Å². The molecule has 0 spiro atoms. The van der Waals surface area contributed by atoms with E-state index in [2.05, 4.69) is 34.6 Å². The number of rotatable bonds is 11. The molecule has 8 heteroatoms. The third-order valence-electron chi connectivity index (χ3n) is 4.90. The highest BCUT2D eigenvalue weighted by Gasteiger charge is 2.24. The van der Waals surface area contributed by atoms with Gasteiger partial charge in [-0.25, -0.2) is 5.43 Å². The molecule has 0 saturated carbocycles. The summed E-state index contributed by atoms with van der Waals surface area (Å²) in [5, 5.41) is 8.82. The molecular formula is C23H32N4O3S. The Hall–Kier alpha value is -2.87. The first-order valence-electron chi connectivity index (χ1n) is 10.5. The topological polar surface area (TPSA) is 83.0 Å². The largest absolute Gasteiger partial charge is 0.496 e. The summed E-state index contributed by atoms with van der Waals surface area (Å²) in [5.74, 6) is 0.0517. The van der Waals surface area contributed by atoms with E-state index in [0.29, 0.717) is 5.75 Å². The fourth-order valence-electron chi connectivity index (χ4n) is 3.16. The van der Waals surface area contributed by atoms with Gasteiger partial charge < -0.3 is 15.0 Å². The van der Waals surface area contributed by atoms with E-state index in [1.807, 2.05) is 49.6 Å². The second-order valence-electron chi connectivity index (χ2n) is 7.38. The van der Waals surface area contributed by atoms with Crippen molar-refractivity contribution in [3.05, 3.63) is 46.2 Å². The van der Waals surface area contributed by atoms with Gasteiger partial charge in [0, 0.05) is 35.3 Å². The second-order valence-corrected chi connectivity index (χ2v) is 8.41. The van der Waals surface area contributed by atoms with Crippen molar-refractivity contribution in [1.29, 1.82) is 0 Å². The van der Waals surface area contributed by atoms with Crippen LogP contribution in [0.2, 0.25) is 0 Å². The fourth-order valence-corrected chi connectivity index (χ4v) is 3.86. The Kier molecular flexibility index (Phi) is 9.52. The van der Waals surface area contributed by atoms with Crippen molar-refractivity contribution in [2.24, 2.45) is 11.0 Å². The van der Waals surface area contributed by atoms with Crippen molar-refractivity contribution in [3.8, 4) is 5.75 Å². The number of hydrogen-bond acceptors (Lipinski definition) is 6. The van der Waals surface area contributed by atoms with Gasteiger partial charge in [-0.1, -0.05) is 19.9 Å². The third-order valence-corrected chi connectivity index (χ3v) is 5.78. The molecule has 2 aromatic rings. The molecule has 31 heavy (non-hydrogen) atoms. The molecule has 1 atom stereocenters. The predicted molar refractivity (Wildman–Crippen MR) is 127 cm³/mol. The molecule has 1 heterocycles. The van der Waals surface area contributed by atoms with Crippen LogP contribution >= 0.6 is 11.3 Å². The van der Waals surface area contributed by atoms with Crippen LogP contribution in [0, 0.1) is 5.92 Å². The summed E-state index contributed by atoms with van der Waals surface area (Å²) in [6.45, 7) is 9.77. The van der Waals surface area contributed by atoms with E-state index in [4.69, 9.17) is 4.74 Å². The molecule has 0 aliphatic heterocycles. The Morgan fingerprint density at radius 2 is 1.97 bits per heavy atom. The first kappa shape index (κ1) is 24.4. The van der Waals surface area contributed by atoms with Gasteiger partial charge in [0.15, 0.2) is 0 Å². The van der Waals surface area contributed by atoms with Crippen molar-refractivity contribution in [2.75, 3.05) is 25.1 Å². The number of amides is 2. The van der Waals surface area contributed by atoms with E-state index in [0.717, 1.165) is 29.2 Å². The molecule has 2 amide bonds. The van der Waals surface area contributed by atoms with Gasteiger partial charge in [0.1, 0.15) is 11.8 Å². The normalized spacial score (nSPS) is 12.1. The maximum Gasteiger partial charge on any atom is 0.262 e. The molecule has 0 aliphatic rings. The van der Waals surface area contributed by atoms with Gasteiger partial charge in [0.05, 0.1) is 19.7 Å². The van der Waals surface area contributed by atoms with E-state index in [9.17, 15) is 9.59 Å². The zero-order chi connectivity index (χ0) is 22.8. The van der Waals surface area contributed by atoms with Gasteiger partial charge in [-0.05, 0) is 43.3 Å². The molecule has 1 aromatic heterocycles. The molecule has 0 unspecified atom stereocenters. The quantitative estimate of drug-likeness (QED) is 0.411. The lowest BCUT2D eigenvalue weighted by molar-refractivity contribution is -0.129. The molecule has 0 aliphatic carbocycles. The van der Waals surface area contributed by atoms with Gasteiger partial charge in [-0.2, -0.15) is 5.10 Å². The highest BCUT2D eigenvalue weighted by molar-refractivity contribution is 7.10. The standard InChI is InChI=1S/C23H32N4O3S/c1-6-27(7-2)18-11-10-17(20(13-18)30-5)15-24-26-23(29)22(16(3)4)25-21(28)14-19-9-8-12-31-19/h8-13,15-16,22H,6-7,14H2,1-5H3,(H,25,28)(H,26,29)/b24-15-/t22-/m1/s1. The average molecular weight is 445 g/mol. The number of thiophene rings is 1. The third kappa shape index (κ3) is 7.10. The average Bonchev–Trinajstić information content (AvgIpc) is 3.26. The number of benzene rings is 1. The van der Waals surface area contributed by atoms with Crippen molar-refractivity contribution in [2.45, 2.75) is 40.2 Å². The Balaban J connectivity index is 2.02. The van der Waals surface area contributed by atoms with Crippen molar-refractivity contribution in [1.82, 2.24) is 10.7 Å². The van der Waals surface area contributed by atoms with Crippen LogP contribution in [0.3, 0.4) is 0 Å². The van der Waals surface area contributed by atoms with Gasteiger partial charge in [0.25, 0.3) is 5.91 Å². The SMILES string of the molecule is CCN(CC)c1ccc(/C=N\NC(=O)[C@H](NC(=O)Cc2cccs2)C(C)C)c(OC)c1. The van der Waals surface area contributed by atoms with Gasteiger partial charge in [-0.3, -0.25) is 9.59 Å². The highest BCUT2D eigenvalue weighted by Crippen LogP contribution is 2.24. The van der Waals surface area contributed by atoms with Crippen LogP contribution in [0.5, 0.6) is 5.75 Å². The minimum Gasteiger partial charge on any atom is -0.496 e. The Morgan fingerprint density at radius 3 is 2.55 bits per heavy atom. The van der Waals surface area contributed by atoms with E-state index < -0.39 is 6.04 Å². The summed E-state index contributed by atoms with van der Waals surface area (Å²) in [4.78, 5) is 28.1. The molecule has 1 aromatic carbocycles. The molecule has 168 valence electrons. The van der Waals surface area contributed by atoms with Crippen LogP contribution in [0.25, 0.3) is 0 Å². The number of carbonyl (C=O) groups excluding carboxylic acids is 2. The van der Waals surface area contributed by atoms with E-state index in [1.54, 1.807) is 13.3 Å². The Labute approximate surface area is 188 Å². The molecular weight excluding hydrogens is 412 g/mol. The Morgan fingerprint density at radius 1 is 1.23 bits per heavy atom. The van der Waals surface area contributed by atoms with Crippen molar-refractivity contribution < 1.29 is 14.3 Å². The minimum atomic E-state index is -0.670. The molecule has 2 N–H and O–H groups in total. The van der Waals surface area contributed by atoms with E-state index in [-0.39, 0.29) is 24.2 Å². The number of anilines is 1. The summed E-state index contributed by atoms with van der Waals surface area (Å²) in [5.41, 5.74) is 4.36. The summed E-state index contributed by atoms with van der Waals surface area (Å²) >= 11 is 1.52. The lowest BCUT2D eigenvalue weighted by Gasteiger charge is -2.22. The van der Waals surface area contributed by atoms with Crippen LogP contribution in [0.4, 0.5) is 5.69 Å². The summed E-state index contributed by atoms with van der Waals surface area (Å²) in [7, 11) is 1.61. The highest BCUT2D eigenvalue weighted by atomic mass is 32.1. The molecule has 0 saturated heterocycles. The fraction of sp³-hybridized carbons (Fsp3) is 0.435. The zero-order valence-electron chi connectivity index (χ0n) is 18.8. The lowest BCUT2D eigenvalue weighted by Crippen LogP contribution is -2.49. The molecule has 0 fully saturated rings. The number of methoxy groups -OCH3 is 1. The van der Waals surface area contributed by atoms with Gasteiger partial charge in [-0.15, -0.1) is 11.3 Å². The number of carbonyl (C=O) groups is 2. The van der Waals surface area contributed by atoms with Crippen LogP contribution in [-0.4, -0.2) is 44.3 Å². The lowest BCUT2D eigenvalue weighted by atomic mass is 10.0. The van der Waals surface area contributed by atoms with Crippen molar-refractivity contribution in [3.63, 3.8) is 0 Å². The Bertz CT molecular complexity index is 877.